The van der Waals surface area contributed by atoms with E-state index in [0.29, 0.717) is 12.8 Å². The average Bonchev–Trinajstić information content (AvgIpc) is 2.72. The van der Waals surface area contributed by atoms with Crippen molar-refractivity contribution in [2.45, 2.75) is 63.1 Å². The topological polar surface area (TPSA) is 130 Å². The molecular formula is C21H29ClN2O6. The molecule has 0 aromatic heterocycles. The van der Waals surface area contributed by atoms with Crippen LogP contribution in [-0.4, -0.2) is 57.8 Å². The van der Waals surface area contributed by atoms with Gasteiger partial charge in [0.25, 0.3) is 0 Å². The Labute approximate surface area is 180 Å². The molecule has 0 spiro atoms. The second kappa shape index (κ2) is 11.3. The van der Waals surface area contributed by atoms with Crippen LogP contribution in [-0.2, 0) is 25.7 Å². The van der Waals surface area contributed by atoms with Gasteiger partial charge in [-0.2, -0.15) is 0 Å². The van der Waals surface area contributed by atoms with Gasteiger partial charge in [-0.05, 0) is 56.2 Å². The third kappa shape index (κ3) is 7.59. The number of carbonyl (C=O) groups excluding carboxylic acids is 1. The minimum Gasteiger partial charge on any atom is -0.473 e. The van der Waals surface area contributed by atoms with Crippen LogP contribution in [0.1, 0.15) is 50.5 Å². The molecule has 1 saturated carbocycles. The van der Waals surface area contributed by atoms with Crippen LogP contribution in [0, 0.1) is 0 Å². The lowest BCUT2D eigenvalue weighted by Gasteiger charge is -2.38. The van der Waals surface area contributed by atoms with Gasteiger partial charge in [0, 0.05) is 24.7 Å². The fourth-order valence-corrected chi connectivity index (χ4v) is 3.74. The number of piperidine rings is 1. The van der Waals surface area contributed by atoms with Crippen molar-refractivity contribution in [1.29, 1.82) is 0 Å². The molecule has 1 aromatic carbocycles. The molecule has 2 fully saturated rings. The Morgan fingerprint density at radius 2 is 1.57 bits per heavy atom. The molecule has 4 N–H and O–H groups in total. The highest BCUT2D eigenvalue weighted by Crippen LogP contribution is 2.26. The SMILES string of the molecule is NC1(C(=O)OC2CCCCC2)CCN(Cc2ccc(Cl)cc2)CC1.O=C(O)C(=O)O. The van der Waals surface area contributed by atoms with Crippen molar-refractivity contribution >= 4 is 29.5 Å². The Kier molecular flexibility index (Phi) is 9.08. The van der Waals surface area contributed by atoms with Gasteiger partial charge in [-0.25, -0.2) is 9.59 Å². The largest absolute Gasteiger partial charge is 0.473 e. The lowest BCUT2D eigenvalue weighted by atomic mass is 9.88. The number of hydrogen-bond acceptors (Lipinski definition) is 6. The van der Waals surface area contributed by atoms with Crippen molar-refractivity contribution in [3.8, 4) is 0 Å². The molecule has 1 saturated heterocycles. The summed E-state index contributed by atoms with van der Waals surface area (Å²) in [4.78, 5) is 33.0. The highest BCUT2D eigenvalue weighted by Gasteiger charge is 2.40. The maximum absolute atomic E-state index is 12.5. The Balaban J connectivity index is 0.000000469. The van der Waals surface area contributed by atoms with Crippen molar-refractivity contribution in [3.05, 3.63) is 34.9 Å². The van der Waals surface area contributed by atoms with Crippen LogP contribution < -0.4 is 5.73 Å². The van der Waals surface area contributed by atoms with Gasteiger partial charge in [-0.3, -0.25) is 9.69 Å². The molecule has 1 heterocycles. The van der Waals surface area contributed by atoms with Crippen molar-refractivity contribution in [3.63, 3.8) is 0 Å². The number of halogens is 1. The summed E-state index contributed by atoms with van der Waals surface area (Å²) in [5.41, 5.74) is 6.80. The Morgan fingerprint density at radius 3 is 2.07 bits per heavy atom. The van der Waals surface area contributed by atoms with Gasteiger partial charge < -0.3 is 20.7 Å². The van der Waals surface area contributed by atoms with E-state index < -0.39 is 17.5 Å². The van der Waals surface area contributed by atoms with E-state index >= 15 is 0 Å². The van der Waals surface area contributed by atoms with E-state index in [9.17, 15) is 4.79 Å². The van der Waals surface area contributed by atoms with Gasteiger partial charge in [0.05, 0.1) is 0 Å². The first-order chi connectivity index (χ1) is 14.2. The minimum absolute atomic E-state index is 0.0822. The molecule has 0 atom stereocenters. The van der Waals surface area contributed by atoms with E-state index in [1.807, 2.05) is 24.3 Å². The van der Waals surface area contributed by atoms with E-state index in [2.05, 4.69) is 4.90 Å². The standard InChI is InChI=1S/C19H27ClN2O2.C2H2O4/c20-16-8-6-15(7-9-16)14-22-12-10-19(21,11-13-22)18(23)24-17-4-2-1-3-5-17;3-1(4)2(5)6/h6-9,17H,1-5,10-14,21H2;(H,3,4)(H,5,6). The molecule has 30 heavy (non-hydrogen) atoms. The zero-order valence-electron chi connectivity index (χ0n) is 16.9. The molecule has 0 radical (unpaired) electrons. The zero-order valence-corrected chi connectivity index (χ0v) is 17.6. The number of nitrogens with zero attached hydrogens (tertiary/aromatic N) is 1. The lowest BCUT2D eigenvalue weighted by Crippen LogP contribution is -2.56. The van der Waals surface area contributed by atoms with Crippen molar-refractivity contribution in [2.24, 2.45) is 5.73 Å². The molecule has 0 amide bonds. The number of carbonyl (C=O) groups is 3. The van der Waals surface area contributed by atoms with Crippen LogP contribution in [0.3, 0.4) is 0 Å². The number of rotatable bonds is 4. The molecule has 0 bridgehead atoms. The zero-order chi connectivity index (χ0) is 22.1. The summed E-state index contributed by atoms with van der Waals surface area (Å²) in [6.45, 7) is 2.50. The van der Waals surface area contributed by atoms with E-state index in [1.165, 1.54) is 12.0 Å². The second-order valence-electron chi connectivity index (χ2n) is 7.83. The third-order valence-corrected chi connectivity index (χ3v) is 5.74. The molecule has 9 heteroatoms. The van der Waals surface area contributed by atoms with Crippen LogP contribution in [0.5, 0.6) is 0 Å². The first-order valence-corrected chi connectivity index (χ1v) is 10.5. The highest BCUT2D eigenvalue weighted by molar-refractivity contribution is 6.30. The summed E-state index contributed by atoms with van der Waals surface area (Å²) < 4.78 is 5.70. The smallest absolute Gasteiger partial charge is 0.414 e. The van der Waals surface area contributed by atoms with E-state index in [0.717, 1.165) is 50.3 Å². The summed E-state index contributed by atoms with van der Waals surface area (Å²) in [5, 5.41) is 15.5. The molecule has 0 unspecified atom stereocenters. The van der Waals surface area contributed by atoms with Gasteiger partial charge in [0.2, 0.25) is 0 Å². The van der Waals surface area contributed by atoms with E-state index in [-0.39, 0.29) is 12.1 Å². The Bertz CT molecular complexity index is 714. The quantitative estimate of drug-likeness (QED) is 0.481. The fraction of sp³-hybridized carbons (Fsp3) is 0.571. The molecule has 8 nitrogen and oxygen atoms in total. The molecule has 1 aromatic rings. The predicted molar refractivity (Wildman–Crippen MR) is 111 cm³/mol. The van der Waals surface area contributed by atoms with E-state index in [4.69, 9.17) is 41.9 Å². The van der Waals surface area contributed by atoms with Gasteiger partial charge in [0.1, 0.15) is 11.6 Å². The molecule has 3 rings (SSSR count). The average molecular weight is 441 g/mol. The number of carboxylic acid groups (broad SMARTS) is 2. The number of likely N-dealkylation sites (tertiary alicyclic amines) is 1. The molecule has 2 aliphatic rings. The maximum atomic E-state index is 12.5. The van der Waals surface area contributed by atoms with Gasteiger partial charge in [0.15, 0.2) is 0 Å². The van der Waals surface area contributed by atoms with Crippen molar-refractivity contribution in [1.82, 2.24) is 4.90 Å². The molecular weight excluding hydrogens is 412 g/mol. The monoisotopic (exact) mass is 440 g/mol. The molecule has 166 valence electrons. The van der Waals surface area contributed by atoms with Crippen LogP contribution in [0.25, 0.3) is 0 Å². The van der Waals surface area contributed by atoms with Crippen LogP contribution >= 0.6 is 11.6 Å². The van der Waals surface area contributed by atoms with E-state index in [1.54, 1.807) is 0 Å². The van der Waals surface area contributed by atoms with Crippen LogP contribution in [0.4, 0.5) is 0 Å². The Hall–Kier alpha value is -2.16. The summed E-state index contributed by atoms with van der Waals surface area (Å²) in [5.74, 6) is -3.84. The minimum atomic E-state index is -1.82. The van der Waals surface area contributed by atoms with Gasteiger partial charge in [-0.15, -0.1) is 0 Å². The van der Waals surface area contributed by atoms with Crippen molar-refractivity contribution in [2.75, 3.05) is 13.1 Å². The second-order valence-corrected chi connectivity index (χ2v) is 8.27. The number of aliphatic carboxylic acids is 2. The summed E-state index contributed by atoms with van der Waals surface area (Å²) in [6, 6.07) is 7.92. The van der Waals surface area contributed by atoms with Gasteiger partial charge >= 0.3 is 17.9 Å². The Morgan fingerprint density at radius 1 is 1.03 bits per heavy atom. The number of carboxylic acids is 2. The first-order valence-electron chi connectivity index (χ1n) is 10.1. The van der Waals surface area contributed by atoms with Crippen LogP contribution in [0.15, 0.2) is 24.3 Å². The molecule has 1 aliphatic carbocycles. The third-order valence-electron chi connectivity index (χ3n) is 5.48. The maximum Gasteiger partial charge on any atom is 0.414 e. The summed E-state index contributed by atoms with van der Waals surface area (Å²) >= 11 is 5.93. The number of benzene rings is 1. The summed E-state index contributed by atoms with van der Waals surface area (Å²) in [7, 11) is 0. The van der Waals surface area contributed by atoms with Gasteiger partial charge in [-0.1, -0.05) is 30.2 Å². The number of ether oxygens (including phenoxy) is 1. The predicted octanol–water partition coefficient (Wildman–Crippen LogP) is 2.66. The highest BCUT2D eigenvalue weighted by atomic mass is 35.5. The fourth-order valence-electron chi connectivity index (χ4n) is 3.61. The normalized spacial score (nSPS) is 19.3. The number of esters is 1. The summed E-state index contributed by atoms with van der Waals surface area (Å²) in [6.07, 6.45) is 6.95. The number of hydrogen-bond donors (Lipinski definition) is 3. The van der Waals surface area contributed by atoms with Crippen molar-refractivity contribution < 1.29 is 29.3 Å². The van der Waals surface area contributed by atoms with Crippen LogP contribution in [0.2, 0.25) is 5.02 Å². The number of nitrogens with two attached hydrogens (primary N) is 1. The molecule has 1 aliphatic heterocycles. The lowest BCUT2D eigenvalue weighted by molar-refractivity contribution is -0.159. The first kappa shape index (κ1) is 24.1.